The molecule has 0 amide bonds. The van der Waals surface area contributed by atoms with Crippen molar-refractivity contribution in [1.29, 1.82) is 0 Å². The number of benzene rings is 1. The highest BCUT2D eigenvalue weighted by molar-refractivity contribution is 5.73. The Labute approximate surface area is 157 Å². The van der Waals surface area contributed by atoms with Crippen LogP contribution in [0, 0.1) is 5.92 Å². The molecule has 148 valence electrons. The molecule has 9 heteroatoms. The smallest absolute Gasteiger partial charge is 0.406 e. The zero-order valence-electron chi connectivity index (χ0n) is 14.7. The number of rotatable bonds is 4. The summed E-state index contributed by atoms with van der Waals surface area (Å²) in [6, 6.07) is 8.68. The Morgan fingerprint density at radius 2 is 1.96 bits per heavy atom. The molecular weight excluding hydrogens is 377 g/mol. The summed E-state index contributed by atoms with van der Waals surface area (Å²) in [6.07, 6.45) is -2.84. The minimum Gasteiger partial charge on any atom is -0.406 e. The second-order valence-electron chi connectivity index (χ2n) is 6.65. The topological polar surface area (TPSA) is 66.5 Å². The number of pyridine rings is 1. The number of alkyl halides is 3. The molecule has 0 spiro atoms. The second kappa shape index (κ2) is 7.31. The molecule has 28 heavy (non-hydrogen) atoms. The molecule has 0 bridgehead atoms. The van der Waals surface area contributed by atoms with Gasteiger partial charge in [0.15, 0.2) is 11.2 Å². The fraction of sp³-hybridized carbons (Fsp3) is 0.368. The van der Waals surface area contributed by atoms with Gasteiger partial charge in [-0.05, 0) is 49.2 Å². The van der Waals surface area contributed by atoms with Gasteiger partial charge in [-0.15, -0.1) is 13.2 Å². The van der Waals surface area contributed by atoms with E-state index in [0.717, 1.165) is 19.4 Å². The van der Waals surface area contributed by atoms with Gasteiger partial charge in [0.2, 0.25) is 0 Å². The molecule has 1 atom stereocenters. The maximum Gasteiger partial charge on any atom is 0.573 e. The standard InChI is InChI=1S/C19H17F3N2O4/c20-19(21,22)28-14-5-3-13(4-6-14)15-7-8-16-17(23-15)24(18(25)27-16)10-12-2-1-9-26-11-12/h3-8,12H,1-2,9-11H2. The predicted molar refractivity (Wildman–Crippen MR) is 93.9 cm³/mol. The van der Waals surface area contributed by atoms with E-state index in [2.05, 4.69) is 9.72 Å². The van der Waals surface area contributed by atoms with E-state index in [1.54, 1.807) is 12.1 Å². The van der Waals surface area contributed by atoms with Gasteiger partial charge in [0.1, 0.15) is 5.75 Å². The SMILES string of the molecule is O=c1oc2ccc(-c3ccc(OC(F)(F)F)cc3)nc2n1CC1CCCOC1. The van der Waals surface area contributed by atoms with E-state index >= 15 is 0 Å². The Morgan fingerprint density at radius 3 is 2.64 bits per heavy atom. The number of hydrogen-bond acceptors (Lipinski definition) is 5. The molecule has 3 heterocycles. The van der Waals surface area contributed by atoms with Gasteiger partial charge in [0.05, 0.1) is 12.3 Å². The molecule has 0 N–H and O–H groups in total. The van der Waals surface area contributed by atoms with E-state index in [1.807, 2.05) is 0 Å². The van der Waals surface area contributed by atoms with Gasteiger partial charge in [-0.1, -0.05) is 0 Å². The van der Waals surface area contributed by atoms with Crippen LogP contribution >= 0.6 is 0 Å². The van der Waals surface area contributed by atoms with Crippen LogP contribution in [-0.4, -0.2) is 29.1 Å². The van der Waals surface area contributed by atoms with Crippen LogP contribution < -0.4 is 10.5 Å². The van der Waals surface area contributed by atoms with Gasteiger partial charge < -0.3 is 13.9 Å². The van der Waals surface area contributed by atoms with E-state index in [-0.39, 0.29) is 11.7 Å². The lowest BCUT2D eigenvalue weighted by atomic mass is 10.0. The highest BCUT2D eigenvalue weighted by Crippen LogP contribution is 2.27. The quantitative estimate of drug-likeness (QED) is 0.670. The van der Waals surface area contributed by atoms with E-state index in [9.17, 15) is 18.0 Å². The monoisotopic (exact) mass is 394 g/mol. The minimum absolute atomic E-state index is 0.205. The maximum absolute atomic E-state index is 12.3. The second-order valence-corrected chi connectivity index (χ2v) is 6.65. The molecule has 1 aliphatic heterocycles. The van der Waals surface area contributed by atoms with Crippen molar-refractivity contribution in [2.24, 2.45) is 5.92 Å². The highest BCUT2D eigenvalue weighted by Gasteiger charge is 2.31. The average Bonchev–Trinajstić information content (AvgIpc) is 2.97. The summed E-state index contributed by atoms with van der Waals surface area (Å²) in [7, 11) is 0. The van der Waals surface area contributed by atoms with Crippen molar-refractivity contribution < 1.29 is 27.1 Å². The summed E-state index contributed by atoms with van der Waals surface area (Å²) in [6.45, 7) is 1.76. The van der Waals surface area contributed by atoms with E-state index < -0.39 is 12.1 Å². The van der Waals surface area contributed by atoms with Crippen LogP contribution in [0.25, 0.3) is 22.5 Å². The summed E-state index contributed by atoms with van der Waals surface area (Å²) in [5.41, 5.74) is 1.88. The van der Waals surface area contributed by atoms with Gasteiger partial charge in [-0.3, -0.25) is 4.57 Å². The molecule has 1 aliphatic rings. The Balaban J connectivity index is 1.63. The first-order valence-corrected chi connectivity index (χ1v) is 8.83. The highest BCUT2D eigenvalue weighted by atomic mass is 19.4. The van der Waals surface area contributed by atoms with Gasteiger partial charge in [-0.25, -0.2) is 9.78 Å². The van der Waals surface area contributed by atoms with Crippen molar-refractivity contribution in [2.75, 3.05) is 13.2 Å². The normalized spacial score (nSPS) is 17.8. The number of halogens is 3. The molecule has 0 aliphatic carbocycles. The maximum atomic E-state index is 12.3. The van der Waals surface area contributed by atoms with E-state index in [1.165, 1.54) is 28.8 Å². The van der Waals surface area contributed by atoms with Crippen LogP contribution in [-0.2, 0) is 11.3 Å². The Hall–Kier alpha value is -2.81. The van der Waals surface area contributed by atoms with E-state index in [4.69, 9.17) is 9.15 Å². The van der Waals surface area contributed by atoms with Crippen LogP contribution in [0.3, 0.4) is 0 Å². The van der Waals surface area contributed by atoms with Crippen LogP contribution in [0.4, 0.5) is 13.2 Å². The molecule has 3 aromatic rings. The number of nitrogens with zero attached hydrogens (tertiary/aromatic N) is 2. The van der Waals surface area contributed by atoms with Gasteiger partial charge in [0, 0.05) is 24.6 Å². The van der Waals surface area contributed by atoms with E-state index in [0.29, 0.717) is 35.6 Å². The summed E-state index contributed by atoms with van der Waals surface area (Å²) >= 11 is 0. The number of hydrogen-bond donors (Lipinski definition) is 0. The van der Waals surface area contributed by atoms with Crippen LogP contribution in [0.1, 0.15) is 12.8 Å². The number of ether oxygens (including phenoxy) is 2. The van der Waals surface area contributed by atoms with Crippen molar-refractivity contribution >= 4 is 11.2 Å². The Morgan fingerprint density at radius 1 is 1.18 bits per heavy atom. The van der Waals surface area contributed by atoms with Crippen LogP contribution in [0.5, 0.6) is 5.75 Å². The Kier molecular flexibility index (Phi) is 4.84. The zero-order valence-corrected chi connectivity index (χ0v) is 14.7. The lowest BCUT2D eigenvalue weighted by Gasteiger charge is -2.21. The fourth-order valence-electron chi connectivity index (χ4n) is 3.30. The Bertz CT molecular complexity index is 1020. The first-order chi connectivity index (χ1) is 13.4. The first-order valence-electron chi connectivity index (χ1n) is 8.83. The van der Waals surface area contributed by atoms with Crippen molar-refractivity contribution in [3.05, 3.63) is 46.9 Å². The number of fused-ring (bicyclic) bond motifs is 1. The van der Waals surface area contributed by atoms with Crippen LogP contribution in [0.2, 0.25) is 0 Å². The molecule has 1 fully saturated rings. The molecule has 1 saturated heterocycles. The zero-order chi connectivity index (χ0) is 19.7. The van der Waals surface area contributed by atoms with Gasteiger partial charge in [-0.2, -0.15) is 0 Å². The third-order valence-electron chi connectivity index (χ3n) is 4.59. The predicted octanol–water partition coefficient (Wildman–Crippen LogP) is 3.98. The molecule has 0 radical (unpaired) electrons. The lowest BCUT2D eigenvalue weighted by molar-refractivity contribution is -0.274. The third kappa shape index (κ3) is 4.04. The minimum atomic E-state index is -4.74. The first kappa shape index (κ1) is 18.5. The molecule has 2 aromatic heterocycles. The van der Waals surface area contributed by atoms with Gasteiger partial charge in [0.25, 0.3) is 0 Å². The lowest BCUT2D eigenvalue weighted by Crippen LogP contribution is -2.26. The third-order valence-corrected chi connectivity index (χ3v) is 4.59. The number of oxazole rings is 1. The molecular formula is C19H17F3N2O4. The summed E-state index contributed by atoms with van der Waals surface area (Å²) in [5.74, 6) is -0.592. The molecule has 0 saturated carbocycles. The summed E-state index contributed by atoms with van der Waals surface area (Å²) in [5, 5.41) is 0. The van der Waals surface area contributed by atoms with Crippen molar-refractivity contribution in [1.82, 2.24) is 9.55 Å². The molecule has 1 aromatic carbocycles. The average molecular weight is 394 g/mol. The van der Waals surface area contributed by atoms with Crippen molar-refractivity contribution in [3.8, 4) is 17.0 Å². The fourth-order valence-corrected chi connectivity index (χ4v) is 3.30. The van der Waals surface area contributed by atoms with Gasteiger partial charge >= 0.3 is 12.1 Å². The largest absolute Gasteiger partial charge is 0.573 e. The summed E-state index contributed by atoms with van der Waals surface area (Å²) in [4.78, 5) is 16.7. The molecule has 1 unspecified atom stereocenters. The molecule has 6 nitrogen and oxygen atoms in total. The van der Waals surface area contributed by atoms with Crippen molar-refractivity contribution in [3.63, 3.8) is 0 Å². The number of aromatic nitrogens is 2. The molecule has 4 rings (SSSR count). The van der Waals surface area contributed by atoms with Crippen molar-refractivity contribution in [2.45, 2.75) is 25.7 Å². The van der Waals surface area contributed by atoms with Crippen LogP contribution in [0.15, 0.2) is 45.6 Å². The summed E-state index contributed by atoms with van der Waals surface area (Å²) < 4.78 is 53.0.